The molecule has 34 heavy (non-hydrogen) atoms. The molecule has 3 aromatic rings. The molecule has 0 saturated carbocycles. The fraction of sp³-hybridized carbons (Fsp3) is 0.320. The van der Waals surface area contributed by atoms with Crippen molar-refractivity contribution in [1.29, 1.82) is 0 Å². The molecule has 0 N–H and O–H groups in total. The number of aromatic nitrogens is 1. The third-order valence-electron chi connectivity index (χ3n) is 5.66. The molecular formula is C25H26ClN3O4S. The van der Waals surface area contributed by atoms with Crippen LogP contribution in [0.5, 0.6) is 0 Å². The second-order valence-corrected chi connectivity index (χ2v) is 9.15. The molecular weight excluding hydrogens is 474 g/mol. The Hall–Kier alpha value is -3.10. The van der Waals surface area contributed by atoms with E-state index in [1.165, 1.54) is 11.3 Å². The van der Waals surface area contributed by atoms with E-state index in [1.54, 1.807) is 36.6 Å². The molecule has 1 atom stereocenters. The van der Waals surface area contributed by atoms with Gasteiger partial charge in [0, 0.05) is 30.3 Å². The number of carbonyl (C=O) groups excluding carboxylic acids is 1. The average Bonchev–Trinajstić information content (AvgIpc) is 3.39. The van der Waals surface area contributed by atoms with E-state index in [-0.39, 0.29) is 12.2 Å². The van der Waals surface area contributed by atoms with Gasteiger partial charge in [0.15, 0.2) is 10.7 Å². The molecule has 7 nitrogen and oxygen atoms in total. The summed E-state index contributed by atoms with van der Waals surface area (Å²) in [7, 11) is 0. The third kappa shape index (κ3) is 4.48. The second kappa shape index (κ2) is 10.0. The lowest BCUT2D eigenvalue weighted by Gasteiger charge is -2.24. The number of carbonyl (C=O) groups is 1. The van der Waals surface area contributed by atoms with E-state index < -0.39 is 12.0 Å². The van der Waals surface area contributed by atoms with E-state index in [9.17, 15) is 9.59 Å². The zero-order valence-corrected chi connectivity index (χ0v) is 21.1. The lowest BCUT2D eigenvalue weighted by atomic mass is 9.96. The summed E-state index contributed by atoms with van der Waals surface area (Å²) in [5.74, 6) is 0.841. The molecule has 1 aliphatic rings. The molecule has 1 aromatic carbocycles. The smallest absolute Gasteiger partial charge is 0.338 e. The predicted octanol–water partition coefficient (Wildman–Crippen LogP) is 3.89. The number of halogens is 1. The van der Waals surface area contributed by atoms with Crippen LogP contribution in [0.15, 0.2) is 61.9 Å². The van der Waals surface area contributed by atoms with Crippen LogP contribution in [0.1, 0.15) is 45.1 Å². The maximum absolute atomic E-state index is 13.6. The highest BCUT2D eigenvalue weighted by molar-refractivity contribution is 7.07. The van der Waals surface area contributed by atoms with Crippen LogP contribution in [0.25, 0.3) is 6.08 Å². The van der Waals surface area contributed by atoms with Gasteiger partial charge in [0.25, 0.3) is 5.56 Å². The number of furan rings is 1. The first kappa shape index (κ1) is 24.0. The minimum atomic E-state index is -0.669. The molecule has 4 rings (SSSR count). The van der Waals surface area contributed by atoms with Crippen LogP contribution in [0.3, 0.4) is 0 Å². The number of hydrogen-bond acceptors (Lipinski definition) is 7. The minimum absolute atomic E-state index is 0.223. The first-order valence-corrected chi connectivity index (χ1v) is 12.4. The normalized spacial score (nSPS) is 15.8. The molecule has 3 heterocycles. The van der Waals surface area contributed by atoms with Gasteiger partial charge in [0.2, 0.25) is 0 Å². The van der Waals surface area contributed by atoms with E-state index >= 15 is 0 Å². The summed E-state index contributed by atoms with van der Waals surface area (Å²) >= 11 is 7.35. The van der Waals surface area contributed by atoms with E-state index in [4.69, 9.17) is 20.8 Å². The van der Waals surface area contributed by atoms with Crippen molar-refractivity contribution in [1.82, 2.24) is 4.57 Å². The molecule has 0 fully saturated rings. The Kier molecular flexibility index (Phi) is 7.09. The van der Waals surface area contributed by atoms with Crippen molar-refractivity contribution in [2.24, 2.45) is 4.99 Å². The molecule has 0 unspecified atom stereocenters. The van der Waals surface area contributed by atoms with Gasteiger partial charge in [0.1, 0.15) is 5.76 Å². The molecule has 1 aliphatic heterocycles. The maximum atomic E-state index is 13.6. The number of thiazole rings is 1. The standard InChI is InChI=1S/C25H26ClN3O4S/c1-5-28(6-2)20-13-12-18(33-20)14-19-23(30)29-22(16-8-10-17(26)11-9-16)21(24(31)32-7-3)15(4)27-25(29)34-19/h8-14,22H,5-7H2,1-4H3/t22-/m0/s1. The summed E-state index contributed by atoms with van der Waals surface area (Å²) < 4.78 is 13.3. The molecule has 178 valence electrons. The largest absolute Gasteiger partial charge is 0.463 e. The topological polar surface area (TPSA) is 77.0 Å². The molecule has 2 aromatic heterocycles. The van der Waals surface area contributed by atoms with Crippen LogP contribution in [0, 0.1) is 0 Å². The number of ether oxygens (including phenoxy) is 1. The Morgan fingerprint density at radius 2 is 1.91 bits per heavy atom. The first-order valence-electron chi connectivity index (χ1n) is 11.2. The van der Waals surface area contributed by atoms with E-state index in [1.807, 2.05) is 24.3 Å². The Balaban J connectivity index is 1.87. The quantitative estimate of drug-likeness (QED) is 0.461. The van der Waals surface area contributed by atoms with Crippen molar-refractivity contribution in [3.05, 3.63) is 83.7 Å². The lowest BCUT2D eigenvalue weighted by molar-refractivity contribution is -0.139. The molecule has 0 bridgehead atoms. The monoisotopic (exact) mass is 499 g/mol. The Morgan fingerprint density at radius 1 is 1.21 bits per heavy atom. The molecule has 0 spiro atoms. The number of rotatable bonds is 7. The fourth-order valence-electron chi connectivity index (χ4n) is 4.01. The number of benzene rings is 1. The molecule has 0 radical (unpaired) electrons. The second-order valence-electron chi connectivity index (χ2n) is 7.70. The van der Waals surface area contributed by atoms with Gasteiger partial charge in [-0.15, -0.1) is 0 Å². The van der Waals surface area contributed by atoms with Crippen LogP contribution >= 0.6 is 22.9 Å². The molecule has 9 heteroatoms. The van der Waals surface area contributed by atoms with Gasteiger partial charge in [-0.2, -0.15) is 0 Å². The van der Waals surface area contributed by atoms with Crippen molar-refractivity contribution >= 4 is 40.9 Å². The zero-order valence-electron chi connectivity index (χ0n) is 19.5. The SMILES string of the molecule is CCOC(=O)C1=C(C)N=c2sc(=Cc3ccc(N(CC)CC)o3)c(=O)n2[C@H]1c1ccc(Cl)cc1. The van der Waals surface area contributed by atoms with Crippen molar-refractivity contribution in [3.63, 3.8) is 0 Å². The fourth-order valence-corrected chi connectivity index (χ4v) is 5.16. The van der Waals surface area contributed by atoms with Gasteiger partial charge < -0.3 is 14.1 Å². The number of hydrogen-bond donors (Lipinski definition) is 0. The van der Waals surface area contributed by atoms with E-state index in [2.05, 4.69) is 23.7 Å². The summed E-state index contributed by atoms with van der Waals surface area (Å²) in [5.41, 5.74) is 1.35. The van der Waals surface area contributed by atoms with E-state index in [0.29, 0.717) is 31.4 Å². The maximum Gasteiger partial charge on any atom is 0.338 e. The van der Waals surface area contributed by atoms with Gasteiger partial charge in [-0.1, -0.05) is 35.1 Å². The van der Waals surface area contributed by atoms with Crippen LogP contribution in [0.4, 0.5) is 5.88 Å². The highest BCUT2D eigenvalue weighted by Gasteiger charge is 2.33. The van der Waals surface area contributed by atoms with Crippen LogP contribution in [-0.2, 0) is 9.53 Å². The summed E-state index contributed by atoms with van der Waals surface area (Å²) in [6.45, 7) is 9.49. The van der Waals surface area contributed by atoms with Crippen molar-refractivity contribution in [2.45, 2.75) is 33.7 Å². The summed E-state index contributed by atoms with van der Waals surface area (Å²) in [6.07, 6.45) is 1.72. The molecule has 0 amide bonds. The number of anilines is 1. The summed E-state index contributed by atoms with van der Waals surface area (Å²) in [6, 6.07) is 10.2. The molecule has 0 aliphatic carbocycles. The zero-order chi connectivity index (χ0) is 24.4. The highest BCUT2D eigenvalue weighted by Crippen LogP contribution is 2.31. The van der Waals surface area contributed by atoms with E-state index in [0.717, 1.165) is 24.5 Å². The van der Waals surface area contributed by atoms with Crippen LogP contribution in [0.2, 0.25) is 5.02 Å². The Bertz CT molecular complexity index is 1410. The summed E-state index contributed by atoms with van der Waals surface area (Å²) in [5, 5.41) is 0.566. The van der Waals surface area contributed by atoms with Gasteiger partial charge in [0.05, 0.1) is 28.5 Å². The van der Waals surface area contributed by atoms with Crippen molar-refractivity contribution < 1.29 is 13.9 Å². The lowest BCUT2D eigenvalue weighted by Crippen LogP contribution is -2.39. The highest BCUT2D eigenvalue weighted by atomic mass is 35.5. The number of fused-ring (bicyclic) bond motifs is 1. The first-order chi connectivity index (χ1) is 16.4. The summed E-state index contributed by atoms with van der Waals surface area (Å²) in [4.78, 5) is 33.7. The minimum Gasteiger partial charge on any atom is -0.463 e. The number of allylic oxidation sites excluding steroid dienone is 1. The third-order valence-corrected chi connectivity index (χ3v) is 6.90. The average molecular weight is 500 g/mol. The van der Waals surface area contributed by atoms with Gasteiger partial charge in [-0.25, -0.2) is 9.79 Å². The van der Waals surface area contributed by atoms with Gasteiger partial charge in [-0.05, 0) is 51.5 Å². The number of nitrogens with zero attached hydrogens (tertiary/aromatic N) is 3. The van der Waals surface area contributed by atoms with Crippen molar-refractivity contribution in [2.75, 3.05) is 24.6 Å². The number of esters is 1. The van der Waals surface area contributed by atoms with Gasteiger partial charge in [-0.3, -0.25) is 9.36 Å². The van der Waals surface area contributed by atoms with Crippen LogP contribution in [-0.4, -0.2) is 30.2 Å². The molecule has 0 saturated heterocycles. The van der Waals surface area contributed by atoms with Crippen molar-refractivity contribution in [3.8, 4) is 0 Å². The van der Waals surface area contributed by atoms with Gasteiger partial charge >= 0.3 is 5.97 Å². The van der Waals surface area contributed by atoms with Crippen LogP contribution < -0.4 is 19.8 Å². The Labute approximate surface area is 206 Å². The predicted molar refractivity (Wildman–Crippen MR) is 134 cm³/mol. The Morgan fingerprint density at radius 3 is 2.56 bits per heavy atom.